The Balaban J connectivity index is 1.68. The molecule has 2 unspecified atom stereocenters. The molecule has 2 N–H and O–H groups in total. The molecule has 1 aromatic rings. The van der Waals surface area contributed by atoms with E-state index >= 15 is 0 Å². The number of carbonyl (C=O) groups is 1. The summed E-state index contributed by atoms with van der Waals surface area (Å²) < 4.78 is 5.35. The second kappa shape index (κ2) is 10.00. The first-order valence-electron chi connectivity index (χ1n) is 9.03. The van der Waals surface area contributed by atoms with Crippen molar-refractivity contribution in [1.29, 1.82) is 0 Å². The highest BCUT2D eigenvalue weighted by atomic mass is 35.5. The van der Waals surface area contributed by atoms with E-state index < -0.39 is 6.09 Å². The number of benzene rings is 1. The topological polar surface area (TPSA) is 53.6 Å². The van der Waals surface area contributed by atoms with E-state index in [1.54, 1.807) is 12.1 Å². The van der Waals surface area contributed by atoms with E-state index in [0.29, 0.717) is 29.3 Å². The van der Waals surface area contributed by atoms with Crippen molar-refractivity contribution in [2.24, 2.45) is 5.92 Å². The van der Waals surface area contributed by atoms with Crippen molar-refractivity contribution in [3.63, 3.8) is 0 Å². The van der Waals surface area contributed by atoms with Crippen LogP contribution in [0.3, 0.4) is 0 Å². The van der Waals surface area contributed by atoms with E-state index in [2.05, 4.69) is 29.6 Å². The van der Waals surface area contributed by atoms with Gasteiger partial charge in [0.05, 0.1) is 6.61 Å². The van der Waals surface area contributed by atoms with Gasteiger partial charge in [-0.1, -0.05) is 18.0 Å². The molecule has 1 aliphatic carbocycles. The molecule has 1 saturated carbocycles. The largest absolute Gasteiger partial charge is 0.449 e. The number of nitrogens with zero attached hydrogens (tertiary/aromatic N) is 1. The predicted molar refractivity (Wildman–Crippen MR) is 103 cm³/mol. The molecule has 5 nitrogen and oxygen atoms in total. The normalized spacial score (nSPS) is 20.0. The van der Waals surface area contributed by atoms with Gasteiger partial charge in [-0.25, -0.2) is 4.79 Å². The van der Waals surface area contributed by atoms with Crippen LogP contribution in [-0.2, 0) is 4.74 Å². The standard InChI is InChI=1S/C19H30ClN3O2/c1-14-13-16(7-8-17(14)20)22-19(24)25-12-9-15-5-4-6-18(15)21-10-11-23(2)3/h7-8,13,15,18,21H,4-6,9-12H2,1-3H3,(H,22,24). The number of hydrogen-bond donors (Lipinski definition) is 2. The van der Waals surface area contributed by atoms with E-state index in [4.69, 9.17) is 16.3 Å². The van der Waals surface area contributed by atoms with Gasteiger partial charge in [-0.2, -0.15) is 0 Å². The average Bonchev–Trinajstić information content (AvgIpc) is 2.98. The van der Waals surface area contributed by atoms with Gasteiger partial charge >= 0.3 is 6.09 Å². The van der Waals surface area contributed by atoms with Crippen molar-refractivity contribution < 1.29 is 9.53 Å². The number of halogens is 1. The van der Waals surface area contributed by atoms with Crippen LogP contribution in [-0.4, -0.2) is 50.8 Å². The summed E-state index contributed by atoms with van der Waals surface area (Å²) in [6.07, 6.45) is 4.18. The summed E-state index contributed by atoms with van der Waals surface area (Å²) in [7, 11) is 4.17. The van der Waals surface area contributed by atoms with Crippen LogP contribution in [0.2, 0.25) is 5.02 Å². The molecule has 6 heteroatoms. The molecule has 1 fully saturated rings. The fourth-order valence-electron chi connectivity index (χ4n) is 3.30. The summed E-state index contributed by atoms with van der Waals surface area (Å²) in [5, 5.41) is 7.08. The maximum absolute atomic E-state index is 11.9. The summed E-state index contributed by atoms with van der Waals surface area (Å²) in [6.45, 7) is 4.41. The average molecular weight is 368 g/mol. The Bertz CT molecular complexity index is 566. The Labute approximate surface area is 156 Å². The molecule has 140 valence electrons. The van der Waals surface area contributed by atoms with Crippen LogP contribution in [0.4, 0.5) is 10.5 Å². The lowest BCUT2D eigenvalue weighted by Gasteiger charge is -2.22. The van der Waals surface area contributed by atoms with E-state index in [0.717, 1.165) is 25.1 Å². The molecule has 2 atom stereocenters. The fraction of sp³-hybridized carbons (Fsp3) is 0.632. The fourth-order valence-corrected chi connectivity index (χ4v) is 3.42. The van der Waals surface area contributed by atoms with Gasteiger partial charge in [0.2, 0.25) is 0 Å². The monoisotopic (exact) mass is 367 g/mol. The number of ether oxygens (including phenoxy) is 1. The second-order valence-electron chi connectivity index (χ2n) is 7.07. The maximum Gasteiger partial charge on any atom is 0.411 e. The number of likely N-dealkylation sites (N-methyl/N-ethyl adjacent to an activating group) is 1. The minimum atomic E-state index is -0.406. The van der Waals surface area contributed by atoms with Crippen LogP contribution in [0.15, 0.2) is 18.2 Å². The van der Waals surface area contributed by atoms with E-state index in [-0.39, 0.29) is 0 Å². The molecular formula is C19H30ClN3O2. The van der Waals surface area contributed by atoms with Gasteiger partial charge < -0.3 is 15.0 Å². The zero-order valence-corrected chi connectivity index (χ0v) is 16.2. The Hall–Kier alpha value is -1.30. The number of aryl methyl sites for hydroxylation is 1. The number of rotatable bonds is 8. The summed E-state index contributed by atoms with van der Waals surface area (Å²) in [5.41, 5.74) is 1.63. The number of carbonyl (C=O) groups excluding carboxylic acids is 1. The zero-order valence-electron chi connectivity index (χ0n) is 15.5. The minimum Gasteiger partial charge on any atom is -0.449 e. The Morgan fingerprint density at radius 3 is 2.88 bits per heavy atom. The van der Waals surface area contributed by atoms with Gasteiger partial charge in [-0.3, -0.25) is 5.32 Å². The molecule has 0 bridgehead atoms. The molecule has 0 saturated heterocycles. The van der Waals surface area contributed by atoms with Crippen LogP contribution >= 0.6 is 11.6 Å². The Kier molecular flexibility index (Phi) is 8.00. The van der Waals surface area contributed by atoms with Crippen molar-refractivity contribution in [3.8, 4) is 0 Å². The SMILES string of the molecule is Cc1cc(NC(=O)OCCC2CCCC2NCCN(C)C)ccc1Cl. The van der Waals surface area contributed by atoms with Crippen molar-refractivity contribution in [2.75, 3.05) is 39.1 Å². The lowest BCUT2D eigenvalue weighted by Crippen LogP contribution is -2.37. The van der Waals surface area contributed by atoms with Crippen molar-refractivity contribution in [1.82, 2.24) is 10.2 Å². The summed E-state index contributed by atoms with van der Waals surface area (Å²) in [4.78, 5) is 14.1. The van der Waals surface area contributed by atoms with Gasteiger partial charge in [-0.15, -0.1) is 0 Å². The van der Waals surface area contributed by atoms with E-state index in [1.807, 2.05) is 13.0 Å². The number of amides is 1. The molecule has 0 aromatic heterocycles. The predicted octanol–water partition coefficient (Wildman–Crippen LogP) is 3.91. The van der Waals surface area contributed by atoms with Crippen molar-refractivity contribution in [3.05, 3.63) is 28.8 Å². The van der Waals surface area contributed by atoms with Gasteiger partial charge in [0.1, 0.15) is 0 Å². The molecule has 1 aromatic carbocycles. The van der Waals surface area contributed by atoms with Crippen LogP contribution < -0.4 is 10.6 Å². The van der Waals surface area contributed by atoms with Crippen molar-refractivity contribution >= 4 is 23.4 Å². The summed E-state index contributed by atoms with van der Waals surface area (Å²) in [5.74, 6) is 0.590. The molecule has 0 spiro atoms. The zero-order chi connectivity index (χ0) is 18.2. The quantitative estimate of drug-likeness (QED) is 0.731. The third-order valence-electron chi connectivity index (χ3n) is 4.75. The highest BCUT2D eigenvalue weighted by Crippen LogP contribution is 2.28. The molecule has 0 heterocycles. The maximum atomic E-state index is 11.9. The molecule has 1 amide bonds. The van der Waals surface area contributed by atoms with Gasteiger partial charge in [-0.05, 0) is 70.0 Å². The van der Waals surface area contributed by atoms with Gasteiger partial charge in [0.25, 0.3) is 0 Å². The van der Waals surface area contributed by atoms with Crippen molar-refractivity contribution in [2.45, 2.75) is 38.6 Å². The molecular weight excluding hydrogens is 338 g/mol. The first-order chi connectivity index (χ1) is 12.0. The minimum absolute atomic E-state index is 0.406. The highest BCUT2D eigenvalue weighted by molar-refractivity contribution is 6.31. The highest BCUT2D eigenvalue weighted by Gasteiger charge is 2.26. The molecule has 25 heavy (non-hydrogen) atoms. The molecule has 0 radical (unpaired) electrons. The van der Waals surface area contributed by atoms with Gasteiger partial charge in [0.15, 0.2) is 0 Å². The number of nitrogens with one attached hydrogen (secondary N) is 2. The van der Waals surface area contributed by atoms with Crippen LogP contribution in [0, 0.1) is 12.8 Å². The number of hydrogen-bond acceptors (Lipinski definition) is 4. The van der Waals surface area contributed by atoms with Crippen LogP contribution in [0.1, 0.15) is 31.2 Å². The Morgan fingerprint density at radius 2 is 2.16 bits per heavy atom. The second-order valence-corrected chi connectivity index (χ2v) is 7.48. The molecule has 1 aliphatic rings. The summed E-state index contributed by atoms with van der Waals surface area (Å²) >= 11 is 5.99. The van der Waals surface area contributed by atoms with E-state index in [1.165, 1.54) is 19.3 Å². The Morgan fingerprint density at radius 1 is 1.36 bits per heavy atom. The van der Waals surface area contributed by atoms with Crippen LogP contribution in [0.25, 0.3) is 0 Å². The summed E-state index contributed by atoms with van der Waals surface area (Å²) in [6, 6.07) is 5.93. The van der Waals surface area contributed by atoms with E-state index in [9.17, 15) is 4.79 Å². The third-order valence-corrected chi connectivity index (χ3v) is 5.17. The van der Waals surface area contributed by atoms with Gasteiger partial charge in [0, 0.05) is 29.8 Å². The smallest absolute Gasteiger partial charge is 0.411 e. The lowest BCUT2D eigenvalue weighted by atomic mass is 10.00. The number of anilines is 1. The first-order valence-corrected chi connectivity index (χ1v) is 9.41. The molecule has 0 aliphatic heterocycles. The first kappa shape index (κ1) is 20.0. The molecule has 2 rings (SSSR count). The third kappa shape index (κ3) is 6.84. The lowest BCUT2D eigenvalue weighted by molar-refractivity contribution is 0.150. The van der Waals surface area contributed by atoms with Crippen LogP contribution in [0.5, 0.6) is 0 Å².